The number of nitrogens with zero attached hydrogens (tertiary/aromatic N) is 2. The van der Waals surface area contributed by atoms with Crippen LogP contribution >= 0.6 is 0 Å². The van der Waals surface area contributed by atoms with Crippen molar-refractivity contribution in [3.05, 3.63) is 86.4 Å². The molecule has 0 aliphatic rings. The monoisotopic (exact) mass is 570 g/mol. The third-order valence-electron chi connectivity index (χ3n) is 6.38. The number of aromatic nitrogens is 3. The van der Waals surface area contributed by atoms with Crippen molar-refractivity contribution in [2.45, 2.75) is 39.1 Å². The molecule has 2 heterocycles. The Hall–Kier alpha value is -4.00. The Bertz CT molecular complexity index is 1680. The average molecular weight is 571 g/mol. The first-order valence-electron chi connectivity index (χ1n) is 13.0. The number of pyridine rings is 1. The fourth-order valence-corrected chi connectivity index (χ4v) is 5.06. The lowest BCUT2D eigenvalue weighted by Gasteiger charge is -2.13. The number of carbonyl (C=O) groups is 1. The van der Waals surface area contributed by atoms with Crippen molar-refractivity contribution >= 4 is 27.1 Å². The number of rotatable bonds is 9. The summed E-state index contributed by atoms with van der Waals surface area (Å²) < 4.78 is 39.1. The van der Waals surface area contributed by atoms with Gasteiger partial charge in [-0.3, -0.25) is 19.2 Å². The quantitative estimate of drug-likeness (QED) is 0.204. The number of esters is 1. The number of hydrogen-bond donors (Lipinski definition) is 3. The topological polar surface area (TPSA) is 155 Å². The van der Waals surface area contributed by atoms with Crippen LogP contribution in [0, 0.1) is 0 Å². The lowest BCUT2D eigenvalue weighted by molar-refractivity contribution is 0.0529. The molecule has 2 aromatic carbocycles. The smallest absolute Gasteiger partial charge is 0.339 e. The summed E-state index contributed by atoms with van der Waals surface area (Å²) >= 11 is 0. The lowest BCUT2D eigenvalue weighted by atomic mass is 9.99. The van der Waals surface area contributed by atoms with Gasteiger partial charge in [-0.1, -0.05) is 69.3 Å². The van der Waals surface area contributed by atoms with Crippen LogP contribution in [0.4, 0.5) is 0 Å². The van der Waals surface area contributed by atoms with Crippen LogP contribution in [-0.2, 0) is 21.4 Å². The van der Waals surface area contributed by atoms with E-state index in [1.165, 1.54) is 37.8 Å². The van der Waals surface area contributed by atoms with Gasteiger partial charge in [0.1, 0.15) is 5.65 Å². The second-order valence-corrected chi connectivity index (χ2v) is 10.1. The molecule has 0 saturated carbocycles. The Labute approximate surface area is 232 Å². The predicted molar refractivity (Wildman–Crippen MR) is 153 cm³/mol. The normalized spacial score (nSPS) is 11.3. The van der Waals surface area contributed by atoms with E-state index in [2.05, 4.69) is 35.8 Å². The van der Waals surface area contributed by atoms with E-state index in [1.54, 1.807) is 43.3 Å². The van der Waals surface area contributed by atoms with Crippen LogP contribution in [0.2, 0.25) is 0 Å². The van der Waals surface area contributed by atoms with Gasteiger partial charge in [-0.25, -0.2) is 9.48 Å². The van der Waals surface area contributed by atoms with Crippen LogP contribution in [-0.4, -0.2) is 64.8 Å². The molecular weight excluding hydrogens is 536 g/mol. The first-order chi connectivity index (χ1) is 19.1. The van der Waals surface area contributed by atoms with Crippen LogP contribution in [0.1, 0.15) is 43.6 Å². The van der Waals surface area contributed by atoms with E-state index in [0.29, 0.717) is 5.56 Å². The molecule has 0 bridgehead atoms. The minimum Gasteiger partial charge on any atom is -0.462 e. The highest BCUT2D eigenvalue weighted by molar-refractivity contribution is 7.85. The van der Waals surface area contributed by atoms with E-state index in [1.807, 2.05) is 0 Å². The molecule has 0 radical (unpaired) electrons. The summed E-state index contributed by atoms with van der Waals surface area (Å²) in [6, 6.07) is 14.0. The van der Waals surface area contributed by atoms with Gasteiger partial charge in [0, 0.05) is 0 Å². The second kappa shape index (κ2) is 13.4. The summed E-state index contributed by atoms with van der Waals surface area (Å²) in [5, 5.41) is 2.61. The van der Waals surface area contributed by atoms with E-state index in [4.69, 9.17) is 4.74 Å². The molecule has 0 fully saturated rings. The Morgan fingerprint density at radius 1 is 0.950 bits per heavy atom. The zero-order valence-electron chi connectivity index (χ0n) is 22.9. The van der Waals surface area contributed by atoms with Gasteiger partial charge in [0.2, 0.25) is 0 Å². The van der Waals surface area contributed by atoms with Crippen molar-refractivity contribution in [3.8, 4) is 11.1 Å². The number of hydrogen-bond acceptors (Lipinski definition) is 7. The van der Waals surface area contributed by atoms with Gasteiger partial charge in [0.05, 0.1) is 34.6 Å². The zero-order valence-corrected chi connectivity index (χ0v) is 23.7. The number of aromatic amines is 2. The highest BCUT2D eigenvalue weighted by Gasteiger charge is 2.26. The maximum atomic E-state index is 13.3. The van der Waals surface area contributed by atoms with E-state index < -0.39 is 27.2 Å². The summed E-state index contributed by atoms with van der Waals surface area (Å²) in [6.07, 6.45) is 0. The van der Waals surface area contributed by atoms with Crippen molar-refractivity contribution in [1.29, 1.82) is 0 Å². The molecule has 3 N–H and O–H groups in total. The molecule has 0 aliphatic carbocycles. The summed E-state index contributed by atoms with van der Waals surface area (Å²) in [5.74, 6) is -0.839. The summed E-state index contributed by atoms with van der Waals surface area (Å²) in [5.41, 5.74) is -0.940. The van der Waals surface area contributed by atoms with E-state index in [0.717, 1.165) is 4.68 Å². The molecule has 40 heavy (non-hydrogen) atoms. The molecule has 2 aromatic heterocycles. The maximum Gasteiger partial charge on any atom is 0.339 e. The van der Waals surface area contributed by atoms with Gasteiger partial charge in [0.25, 0.3) is 21.2 Å². The predicted octanol–water partition coefficient (Wildman–Crippen LogP) is 3.50. The molecule has 0 atom stereocenters. The molecular formula is C28H34N4O7S. The van der Waals surface area contributed by atoms with Gasteiger partial charge >= 0.3 is 5.97 Å². The molecule has 4 rings (SSSR count). The van der Waals surface area contributed by atoms with Crippen molar-refractivity contribution < 1.29 is 22.5 Å². The number of H-pyrrole nitrogens is 2. The van der Waals surface area contributed by atoms with Gasteiger partial charge < -0.3 is 14.6 Å². The molecule has 4 aromatic rings. The third kappa shape index (κ3) is 6.76. The maximum absolute atomic E-state index is 13.3. The van der Waals surface area contributed by atoms with Gasteiger partial charge in [-0.2, -0.15) is 8.42 Å². The highest BCUT2D eigenvalue weighted by atomic mass is 32.2. The molecule has 0 spiro atoms. The minimum absolute atomic E-state index is 0.0110. The van der Waals surface area contributed by atoms with Crippen molar-refractivity contribution in [2.24, 2.45) is 0 Å². The fraction of sp³-hybridized carbons (Fsp3) is 0.321. The second-order valence-electron chi connectivity index (χ2n) is 8.75. The first-order valence-corrected chi connectivity index (χ1v) is 14.4. The average Bonchev–Trinajstić information content (AvgIpc) is 3.23. The molecule has 0 aliphatic heterocycles. The largest absolute Gasteiger partial charge is 0.462 e. The molecule has 214 valence electrons. The molecule has 12 heteroatoms. The van der Waals surface area contributed by atoms with Gasteiger partial charge in [-0.05, 0) is 43.8 Å². The number of benzene rings is 2. The fourth-order valence-electron chi connectivity index (χ4n) is 4.35. The number of fused-ring (bicyclic) bond motifs is 1. The Morgan fingerprint density at radius 3 is 2.10 bits per heavy atom. The van der Waals surface area contributed by atoms with Crippen LogP contribution < -0.4 is 11.1 Å². The van der Waals surface area contributed by atoms with Crippen LogP contribution in [0.5, 0.6) is 0 Å². The Morgan fingerprint density at radius 2 is 1.55 bits per heavy atom. The van der Waals surface area contributed by atoms with E-state index in [-0.39, 0.29) is 45.8 Å². The summed E-state index contributed by atoms with van der Waals surface area (Å²) in [6.45, 7) is 11.5. The van der Waals surface area contributed by atoms with Crippen LogP contribution in [0.25, 0.3) is 22.2 Å². The molecule has 0 amide bonds. The van der Waals surface area contributed by atoms with E-state index in [9.17, 15) is 27.4 Å². The Balaban J connectivity index is 0.000000559. The standard InChI is InChI=1S/C22H19N3O7S.C6H15N/c1-2-32-22(28)17-16(13-8-4-3-5-9-13)20(26)23-19-18(17)21(27)25(24-19)12-14-10-6-7-11-15(14)33(29,30)31;1-4-7(5-2)6-3/h3-11H,2,12H2,1H3,(H2,23,24,26)(H,29,30,31);4-6H2,1-3H3. The number of nitrogens with one attached hydrogen (secondary N) is 2. The zero-order chi connectivity index (χ0) is 29.4. The Kier molecular flexibility index (Phi) is 10.2. The lowest BCUT2D eigenvalue weighted by Crippen LogP contribution is -2.22. The highest BCUT2D eigenvalue weighted by Crippen LogP contribution is 2.25. The molecule has 0 unspecified atom stereocenters. The van der Waals surface area contributed by atoms with Crippen LogP contribution in [0.3, 0.4) is 0 Å². The first kappa shape index (κ1) is 30.5. The van der Waals surface area contributed by atoms with Crippen molar-refractivity contribution in [2.75, 3.05) is 26.2 Å². The van der Waals surface area contributed by atoms with E-state index >= 15 is 0 Å². The molecule has 0 saturated heterocycles. The van der Waals surface area contributed by atoms with Crippen molar-refractivity contribution in [3.63, 3.8) is 0 Å². The molecule has 11 nitrogen and oxygen atoms in total. The van der Waals surface area contributed by atoms with Crippen molar-refractivity contribution in [1.82, 2.24) is 19.7 Å². The number of ether oxygens (including phenoxy) is 1. The minimum atomic E-state index is -4.54. The van der Waals surface area contributed by atoms with Gasteiger partial charge in [-0.15, -0.1) is 0 Å². The SMILES string of the molecule is CCN(CC)CC.CCOC(=O)c1c(-c2ccccc2)c(=O)[nH]c2[nH]n(Cc3ccccc3S(=O)(=O)O)c(=O)c12. The number of carbonyl (C=O) groups excluding carboxylic acids is 1. The van der Waals surface area contributed by atoms with Gasteiger partial charge in [0.15, 0.2) is 0 Å². The third-order valence-corrected chi connectivity index (χ3v) is 7.34. The van der Waals surface area contributed by atoms with Crippen LogP contribution in [0.15, 0.2) is 69.1 Å². The summed E-state index contributed by atoms with van der Waals surface area (Å²) in [7, 11) is -4.54. The summed E-state index contributed by atoms with van der Waals surface area (Å²) in [4.78, 5) is 43.7.